The molecule has 1 aliphatic carbocycles. The van der Waals surface area contributed by atoms with E-state index in [9.17, 15) is 0 Å². The van der Waals surface area contributed by atoms with E-state index in [-0.39, 0.29) is 6.04 Å². The molecule has 0 saturated carbocycles. The average molecular weight is 593 g/mol. The van der Waals surface area contributed by atoms with Crippen LogP contribution in [0.5, 0.6) is 0 Å². The third kappa shape index (κ3) is 3.56. The molecule has 0 fully saturated rings. The predicted octanol–water partition coefficient (Wildman–Crippen LogP) is 11.8. The van der Waals surface area contributed by atoms with Crippen molar-refractivity contribution in [2.24, 2.45) is 0 Å². The lowest BCUT2D eigenvalue weighted by Gasteiger charge is -2.26. The van der Waals surface area contributed by atoms with Gasteiger partial charge in [0.1, 0.15) is 0 Å². The van der Waals surface area contributed by atoms with Crippen molar-refractivity contribution in [3.05, 3.63) is 157 Å². The van der Waals surface area contributed by atoms with Gasteiger partial charge in [0.25, 0.3) is 0 Å². The summed E-state index contributed by atoms with van der Waals surface area (Å²) in [6.45, 7) is 0. The van der Waals surface area contributed by atoms with Crippen LogP contribution in [0.2, 0.25) is 0 Å². The molecule has 3 aromatic heterocycles. The van der Waals surface area contributed by atoms with Crippen molar-refractivity contribution in [3.8, 4) is 5.69 Å². The molecule has 3 heteroatoms. The fourth-order valence-electron chi connectivity index (χ4n) is 7.76. The molecule has 1 unspecified atom stereocenters. The Hall–Kier alpha value is -5.38. The molecule has 1 aliphatic rings. The van der Waals surface area contributed by atoms with E-state index in [1.165, 1.54) is 80.6 Å². The lowest BCUT2D eigenvalue weighted by molar-refractivity contribution is 0.667. The van der Waals surface area contributed by atoms with E-state index in [1.807, 2.05) is 11.3 Å². The van der Waals surface area contributed by atoms with Crippen LogP contribution in [0.1, 0.15) is 18.0 Å². The number of allylic oxidation sites excluding steroid dienone is 4. The molecule has 0 bridgehead atoms. The number of nitrogens with zero attached hydrogens (tertiary/aromatic N) is 2. The topological polar surface area (TPSA) is 9.86 Å². The number of hydrogen-bond donors (Lipinski definition) is 0. The van der Waals surface area contributed by atoms with Gasteiger partial charge in [-0.3, -0.25) is 0 Å². The quantitative estimate of drug-likeness (QED) is 0.193. The zero-order valence-corrected chi connectivity index (χ0v) is 25.3. The summed E-state index contributed by atoms with van der Waals surface area (Å²) in [6, 6.07) is 49.3. The van der Waals surface area contributed by atoms with Crippen molar-refractivity contribution in [1.82, 2.24) is 9.13 Å². The number of fused-ring (bicyclic) bond motifs is 10. The number of aromatic nitrogens is 2. The van der Waals surface area contributed by atoms with E-state index in [0.29, 0.717) is 0 Å². The van der Waals surface area contributed by atoms with Gasteiger partial charge in [0.2, 0.25) is 0 Å². The van der Waals surface area contributed by atoms with Crippen molar-refractivity contribution in [2.75, 3.05) is 0 Å². The Morgan fingerprint density at radius 3 is 1.98 bits per heavy atom. The molecule has 0 amide bonds. The minimum atomic E-state index is 0.168. The largest absolute Gasteiger partial charge is 0.331 e. The monoisotopic (exact) mass is 592 g/mol. The van der Waals surface area contributed by atoms with Crippen molar-refractivity contribution < 1.29 is 0 Å². The molecule has 3 heterocycles. The Morgan fingerprint density at radius 1 is 0.556 bits per heavy atom. The van der Waals surface area contributed by atoms with Crippen LogP contribution in [0.25, 0.3) is 75.0 Å². The minimum absolute atomic E-state index is 0.168. The second-order valence-corrected chi connectivity index (χ2v) is 13.1. The maximum Gasteiger partial charge on any atom is 0.0678 e. The molecule has 0 aliphatic heterocycles. The Labute approximate surface area is 264 Å². The van der Waals surface area contributed by atoms with Crippen LogP contribution in [0, 0.1) is 0 Å². The predicted molar refractivity (Wildman–Crippen MR) is 194 cm³/mol. The van der Waals surface area contributed by atoms with Gasteiger partial charge in [0.05, 0.1) is 27.3 Å². The van der Waals surface area contributed by atoms with Crippen LogP contribution in [0.15, 0.2) is 152 Å². The molecular weight excluding hydrogens is 565 g/mol. The Morgan fingerprint density at radius 2 is 1.20 bits per heavy atom. The first kappa shape index (κ1) is 25.0. The molecule has 0 radical (unpaired) electrons. The summed E-state index contributed by atoms with van der Waals surface area (Å²) in [5, 5.41) is 7.91. The molecular formula is C42H28N2S. The second kappa shape index (κ2) is 9.56. The van der Waals surface area contributed by atoms with E-state index < -0.39 is 0 Å². The number of para-hydroxylation sites is 3. The Bertz CT molecular complexity index is 2640. The number of thiophene rings is 1. The van der Waals surface area contributed by atoms with Crippen molar-refractivity contribution in [2.45, 2.75) is 12.5 Å². The number of rotatable bonds is 3. The lowest BCUT2D eigenvalue weighted by Crippen LogP contribution is -2.12. The van der Waals surface area contributed by atoms with E-state index in [1.54, 1.807) is 0 Å². The zero-order chi connectivity index (χ0) is 29.5. The van der Waals surface area contributed by atoms with Gasteiger partial charge in [-0.2, -0.15) is 0 Å². The number of benzene rings is 6. The zero-order valence-electron chi connectivity index (χ0n) is 24.5. The molecule has 0 N–H and O–H groups in total. The van der Waals surface area contributed by atoms with Gasteiger partial charge in [-0.1, -0.05) is 115 Å². The summed E-state index contributed by atoms with van der Waals surface area (Å²) in [5.74, 6) is 0. The summed E-state index contributed by atoms with van der Waals surface area (Å²) < 4.78 is 7.78. The lowest BCUT2D eigenvalue weighted by atomic mass is 9.91. The molecule has 2 nitrogen and oxygen atoms in total. The van der Waals surface area contributed by atoms with Gasteiger partial charge in [0.15, 0.2) is 0 Å². The van der Waals surface area contributed by atoms with Gasteiger partial charge in [-0.25, -0.2) is 0 Å². The molecule has 0 saturated heterocycles. The van der Waals surface area contributed by atoms with E-state index in [0.717, 1.165) is 6.42 Å². The number of hydrogen-bond acceptors (Lipinski definition) is 1. The first-order valence-electron chi connectivity index (χ1n) is 15.6. The molecule has 212 valence electrons. The normalized spacial score (nSPS) is 15.3. The maximum atomic E-state index is 2.64. The Kier molecular flexibility index (Phi) is 5.31. The van der Waals surface area contributed by atoms with Crippen LogP contribution < -0.4 is 0 Å². The minimum Gasteiger partial charge on any atom is -0.331 e. The molecule has 9 aromatic rings. The van der Waals surface area contributed by atoms with Crippen LogP contribution in [-0.4, -0.2) is 9.13 Å². The van der Waals surface area contributed by atoms with Gasteiger partial charge >= 0.3 is 0 Å². The van der Waals surface area contributed by atoms with Gasteiger partial charge in [0, 0.05) is 48.2 Å². The highest BCUT2D eigenvalue weighted by Gasteiger charge is 2.26. The van der Waals surface area contributed by atoms with Gasteiger partial charge in [-0.05, 0) is 54.0 Å². The van der Waals surface area contributed by atoms with Crippen LogP contribution in [0.4, 0.5) is 0 Å². The molecule has 6 aromatic carbocycles. The van der Waals surface area contributed by atoms with Crippen molar-refractivity contribution in [3.63, 3.8) is 0 Å². The van der Waals surface area contributed by atoms with Gasteiger partial charge < -0.3 is 9.13 Å². The SMILES string of the molecule is C1=CCC(n2c3ccccc3c3ccc4c5ccccc5sc4c32)C(c2cccc(-n3c4ccccc4c4ccccc43)c2)=C1. The Balaban J connectivity index is 1.22. The van der Waals surface area contributed by atoms with E-state index >= 15 is 0 Å². The summed E-state index contributed by atoms with van der Waals surface area (Å²) >= 11 is 1.92. The summed E-state index contributed by atoms with van der Waals surface area (Å²) in [6.07, 6.45) is 7.85. The molecule has 10 rings (SSSR count). The molecule has 0 spiro atoms. The standard InChI is InChI=1S/C42H28N2S/c1-6-19-36(44-39-22-9-4-17-32(39)34-24-25-35-33-18-5-10-23-40(33)45-42(35)41(34)44)29(14-1)27-12-11-13-28(26-27)43-37-20-7-2-15-30(37)31-16-3-8-21-38(31)43/h1-18,20-26,36H,19H2. The summed E-state index contributed by atoms with van der Waals surface area (Å²) in [7, 11) is 0. The van der Waals surface area contributed by atoms with Crippen molar-refractivity contribution in [1.29, 1.82) is 0 Å². The van der Waals surface area contributed by atoms with Crippen LogP contribution in [-0.2, 0) is 0 Å². The fourth-order valence-corrected chi connectivity index (χ4v) is 9.01. The van der Waals surface area contributed by atoms with Crippen LogP contribution in [0.3, 0.4) is 0 Å². The summed E-state index contributed by atoms with van der Waals surface area (Å²) in [5.41, 5.74) is 8.91. The van der Waals surface area contributed by atoms with Crippen molar-refractivity contribution >= 4 is 80.7 Å². The van der Waals surface area contributed by atoms with E-state index in [2.05, 4.69) is 161 Å². The molecule has 1 atom stereocenters. The highest BCUT2D eigenvalue weighted by Crippen LogP contribution is 2.46. The van der Waals surface area contributed by atoms with Gasteiger partial charge in [-0.15, -0.1) is 11.3 Å². The first-order chi connectivity index (χ1) is 22.3. The third-order valence-electron chi connectivity index (χ3n) is 9.68. The van der Waals surface area contributed by atoms with E-state index in [4.69, 9.17) is 0 Å². The molecule has 45 heavy (non-hydrogen) atoms. The smallest absolute Gasteiger partial charge is 0.0678 e. The summed E-state index contributed by atoms with van der Waals surface area (Å²) in [4.78, 5) is 0. The highest BCUT2D eigenvalue weighted by atomic mass is 32.1. The highest BCUT2D eigenvalue weighted by molar-refractivity contribution is 7.26. The fraction of sp³-hybridized carbons (Fsp3) is 0.0476. The second-order valence-electron chi connectivity index (χ2n) is 12.0. The average Bonchev–Trinajstić information content (AvgIpc) is 3.76. The third-order valence-corrected chi connectivity index (χ3v) is 10.9. The first-order valence-corrected chi connectivity index (χ1v) is 16.5. The maximum absolute atomic E-state index is 2.64. The van der Waals surface area contributed by atoms with Crippen LogP contribution >= 0.6 is 11.3 Å².